The van der Waals surface area contributed by atoms with Crippen molar-refractivity contribution >= 4 is 0 Å². The largest absolute Gasteiger partial charge is 0.412 e. The van der Waals surface area contributed by atoms with Crippen molar-refractivity contribution in [2.75, 3.05) is 6.61 Å². The second-order valence-electron chi connectivity index (χ2n) is 1.69. The maximum absolute atomic E-state index is 7.74. The smallest absolute Gasteiger partial charge is 0.0842 e. The van der Waals surface area contributed by atoms with Gasteiger partial charge in [-0.2, -0.15) is 0 Å². The monoisotopic (exact) mass is 240 g/mol. The first-order valence-corrected chi connectivity index (χ1v) is 2.03. The van der Waals surface area contributed by atoms with Gasteiger partial charge in [0.2, 0.25) is 0 Å². The van der Waals surface area contributed by atoms with Gasteiger partial charge in [0.1, 0.15) is 0 Å². The maximum atomic E-state index is 7.74. The normalized spacial score (nSPS) is 5.45. The number of hydrogen-bond acceptors (Lipinski definition) is 2. The third kappa shape index (κ3) is 53.5. The van der Waals surface area contributed by atoms with Gasteiger partial charge < -0.3 is 16.4 Å². The molecule has 0 spiro atoms. The van der Waals surface area contributed by atoms with Crippen molar-refractivity contribution in [2.45, 2.75) is 13.8 Å². The standard InChI is InChI=1S/C4H10O2.3H2O.2Ti/c1-4(2)3-6-5;;;;;/h4-5H,3H2,1-2H3;3*1H2;;. The molecule has 0 fully saturated rings. The van der Waals surface area contributed by atoms with Gasteiger partial charge in [-0.1, -0.05) is 13.8 Å². The topological polar surface area (TPSA) is 124 Å². The Labute approximate surface area is 96.1 Å². The van der Waals surface area contributed by atoms with E-state index in [4.69, 9.17) is 5.26 Å². The van der Waals surface area contributed by atoms with Gasteiger partial charge >= 0.3 is 0 Å². The maximum Gasteiger partial charge on any atom is 0.0842 e. The average Bonchev–Trinajstić information content (AvgIpc) is 1.35. The fourth-order valence-electron chi connectivity index (χ4n) is 0.149. The Balaban J connectivity index is -0.0000000125. The van der Waals surface area contributed by atoms with Crippen LogP contribution in [0.3, 0.4) is 0 Å². The summed E-state index contributed by atoms with van der Waals surface area (Å²) in [7, 11) is 0. The summed E-state index contributed by atoms with van der Waals surface area (Å²) in [5.74, 6) is 0.426. The molecule has 0 saturated carbocycles. The van der Waals surface area contributed by atoms with Crippen LogP contribution in [0.4, 0.5) is 0 Å². The van der Waals surface area contributed by atoms with E-state index in [1.54, 1.807) is 0 Å². The van der Waals surface area contributed by atoms with Gasteiger partial charge in [-0.15, -0.1) is 0 Å². The van der Waals surface area contributed by atoms with Crippen molar-refractivity contribution in [2.24, 2.45) is 5.92 Å². The molecule has 0 aromatic rings. The Morgan fingerprint density at radius 2 is 1.36 bits per heavy atom. The molecular weight excluding hydrogens is 224 g/mol. The van der Waals surface area contributed by atoms with Gasteiger partial charge in [0.15, 0.2) is 0 Å². The predicted octanol–water partition coefficient (Wildman–Crippen LogP) is -1.35. The van der Waals surface area contributed by atoms with Gasteiger partial charge in [-0.05, 0) is 5.92 Å². The van der Waals surface area contributed by atoms with E-state index < -0.39 is 0 Å². The summed E-state index contributed by atoms with van der Waals surface area (Å²) in [6, 6.07) is 0. The minimum absolute atomic E-state index is 0. The molecule has 7 heteroatoms. The minimum atomic E-state index is 0. The van der Waals surface area contributed by atoms with Crippen LogP contribution in [-0.2, 0) is 48.3 Å². The third-order valence-electron chi connectivity index (χ3n) is 0.408. The molecule has 0 aliphatic heterocycles. The summed E-state index contributed by atoms with van der Waals surface area (Å²) in [6.45, 7) is 4.37. The quantitative estimate of drug-likeness (QED) is 0.364. The van der Waals surface area contributed by atoms with Crippen molar-refractivity contribution in [1.29, 1.82) is 0 Å². The Kier molecular flexibility index (Phi) is 109. The molecule has 0 heterocycles. The minimum Gasteiger partial charge on any atom is -0.412 e. The number of rotatable bonds is 2. The van der Waals surface area contributed by atoms with Crippen molar-refractivity contribution in [3.63, 3.8) is 0 Å². The molecule has 0 atom stereocenters. The van der Waals surface area contributed by atoms with E-state index in [1.807, 2.05) is 13.8 Å². The molecule has 0 aliphatic rings. The van der Waals surface area contributed by atoms with E-state index in [0.29, 0.717) is 12.5 Å². The van der Waals surface area contributed by atoms with E-state index in [-0.39, 0.29) is 59.9 Å². The molecule has 0 amide bonds. The van der Waals surface area contributed by atoms with E-state index in [9.17, 15) is 0 Å². The first kappa shape index (κ1) is 39.7. The van der Waals surface area contributed by atoms with Gasteiger partial charge in [0.25, 0.3) is 0 Å². The fourth-order valence-corrected chi connectivity index (χ4v) is 0.149. The Morgan fingerprint density at radius 1 is 1.09 bits per heavy atom. The summed E-state index contributed by atoms with van der Waals surface area (Å²) >= 11 is 0. The molecule has 5 nitrogen and oxygen atoms in total. The van der Waals surface area contributed by atoms with Crippen LogP contribution in [0.15, 0.2) is 0 Å². The van der Waals surface area contributed by atoms with Crippen LogP contribution in [0, 0.1) is 5.92 Å². The van der Waals surface area contributed by atoms with Crippen molar-refractivity contribution < 1.29 is 70.0 Å². The number of hydrogen-bond donors (Lipinski definition) is 1. The zero-order valence-electron chi connectivity index (χ0n) is 6.64. The summed E-state index contributed by atoms with van der Waals surface area (Å²) < 4.78 is 0. The Morgan fingerprint density at radius 3 is 1.36 bits per heavy atom. The van der Waals surface area contributed by atoms with E-state index in [0.717, 1.165) is 0 Å². The SMILES string of the molecule is CC(C)COO.O.O.O.[Ti].[Ti]. The van der Waals surface area contributed by atoms with Crippen molar-refractivity contribution in [1.82, 2.24) is 0 Å². The molecule has 11 heavy (non-hydrogen) atoms. The second-order valence-corrected chi connectivity index (χ2v) is 1.69. The van der Waals surface area contributed by atoms with Crippen molar-refractivity contribution in [3.8, 4) is 0 Å². The van der Waals surface area contributed by atoms with Gasteiger partial charge in [0.05, 0.1) is 6.61 Å². The summed E-state index contributed by atoms with van der Waals surface area (Å²) in [5.41, 5.74) is 0. The molecule has 7 N–H and O–H groups in total. The fraction of sp³-hybridized carbons (Fsp3) is 1.00. The van der Waals surface area contributed by atoms with Crippen LogP contribution in [0.25, 0.3) is 0 Å². The van der Waals surface area contributed by atoms with E-state index >= 15 is 0 Å². The van der Waals surface area contributed by atoms with Crippen molar-refractivity contribution in [3.05, 3.63) is 0 Å². The predicted molar refractivity (Wildman–Crippen MR) is 34.3 cm³/mol. The summed E-state index contributed by atoms with van der Waals surface area (Å²) in [6.07, 6.45) is 0. The van der Waals surface area contributed by atoms with Crippen LogP contribution in [-0.4, -0.2) is 28.3 Å². The van der Waals surface area contributed by atoms with Gasteiger partial charge in [-0.3, -0.25) is 5.26 Å². The molecule has 0 radical (unpaired) electrons. The van der Waals surface area contributed by atoms with Crippen LogP contribution in [0.5, 0.6) is 0 Å². The summed E-state index contributed by atoms with van der Waals surface area (Å²) in [4.78, 5) is 3.80. The molecule has 0 saturated heterocycles. The zero-order valence-corrected chi connectivity index (χ0v) is 9.76. The molecule has 0 aromatic carbocycles. The third-order valence-corrected chi connectivity index (χ3v) is 0.408. The molecule has 0 rings (SSSR count). The zero-order chi connectivity index (χ0) is 4.99. The van der Waals surface area contributed by atoms with Crippen LogP contribution in [0.2, 0.25) is 0 Å². The molecule has 0 bridgehead atoms. The molecule has 0 aliphatic carbocycles. The first-order chi connectivity index (χ1) is 2.77. The van der Waals surface area contributed by atoms with Gasteiger partial charge in [0, 0.05) is 43.4 Å². The molecule has 0 unspecified atom stereocenters. The Bertz CT molecular complexity index is 37.7. The van der Waals surface area contributed by atoms with Crippen LogP contribution < -0.4 is 0 Å². The first-order valence-electron chi connectivity index (χ1n) is 2.03. The van der Waals surface area contributed by atoms with Crippen LogP contribution >= 0.6 is 0 Å². The van der Waals surface area contributed by atoms with Gasteiger partial charge in [-0.25, -0.2) is 4.89 Å². The second kappa shape index (κ2) is 30.3. The summed E-state index contributed by atoms with van der Waals surface area (Å²) in [5, 5.41) is 7.74. The Hall–Kier alpha value is 1.23. The molecule has 70 valence electrons. The molecular formula is C4H16O5Ti2. The molecule has 0 aromatic heterocycles. The average molecular weight is 240 g/mol. The van der Waals surface area contributed by atoms with E-state index in [2.05, 4.69) is 4.89 Å². The van der Waals surface area contributed by atoms with Crippen LogP contribution in [0.1, 0.15) is 13.8 Å². The van der Waals surface area contributed by atoms with E-state index in [1.165, 1.54) is 0 Å².